The fraction of sp³-hybridized carbons (Fsp3) is 0. The van der Waals surface area contributed by atoms with Crippen LogP contribution in [0.5, 0.6) is 0 Å². The van der Waals surface area contributed by atoms with Gasteiger partial charge in [0.05, 0.1) is 22.4 Å². The SMILES string of the molecule is c1cc(-c2cccc(-c3nc(-c4ccc(-c5ccc6c(ccc7ccccc76)c5)cc4)c4ccccc4n3)c2)cc(-c2nc(-c3ccc(-c4ccc5c(ccc6ccccc65)c4)cc3)c3ccccc3n2)c1. The number of para-hydroxylation sites is 2. The Kier molecular flexibility index (Phi) is 9.82. The number of hydrogen-bond donors (Lipinski definition) is 0. The Bertz CT molecular complexity index is 4160. The zero-order valence-electron chi connectivity index (χ0n) is 39.0. The van der Waals surface area contributed by atoms with Crippen molar-refractivity contribution in [3.8, 4) is 78.7 Å². The van der Waals surface area contributed by atoms with Gasteiger partial charge in [0.2, 0.25) is 0 Å². The molecule has 0 atom stereocenters. The molecule has 0 N–H and O–H groups in total. The third-order valence-corrected chi connectivity index (χ3v) is 14.3. The highest BCUT2D eigenvalue weighted by Gasteiger charge is 2.16. The molecule has 72 heavy (non-hydrogen) atoms. The van der Waals surface area contributed by atoms with Crippen LogP contribution in [0.15, 0.2) is 255 Å². The van der Waals surface area contributed by atoms with Crippen LogP contribution in [0.4, 0.5) is 0 Å². The van der Waals surface area contributed by atoms with E-state index in [1.54, 1.807) is 0 Å². The molecule has 14 aromatic rings. The lowest BCUT2D eigenvalue weighted by Gasteiger charge is -2.12. The van der Waals surface area contributed by atoms with Crippen molar-refractivity contribution >= 4 is 64.9 Å². The van der Waals surface area contributed by atoms with E-state index in [9.17, 15) is 0 Å². The quantitative estimate of drug-likeness (QED) is 0.150. The normalized spacial score (nSPS) is 11.6. The molecule has 0 saturated carbocycles. The molecule has 12 aromatic carbocycles. The first-order valence-corrected chi connectivity index (χ1v) is 24.4. The summed E-state index contributed by atoms with van der Waals surface area (Å²) < 4.78 is 0. The van der Waals surface area contributed by atoms with Crippen molar-refractivity contribution in [2.45, 2.75) is 0 Å². The van der Waals surface area contributed by atoms with E-state index in [4.69, 9.17) is 19.9 Å². The second kappa shape index (κ2) is 17.1. The predicted octanol–water partition coefficient (Wildman–Crippen LogP) is 17.9. The highest BCUT2D eigenvalue weighted by Crippen LogP contribution is 2.37. The van der Waals surface area contributed by atoms with Gasteiger partial charge in [-0.15, -0.1) is 0 Å². The van der Waals surface area contributed by atoms with Crippen LogP contribution in [-0.2, 0) is 0 Å². The lowest BCUT2D eigenvalue weighted by molar-refractivity contribution is 1.23. The second-order valence-corrected chi connectivity index (χ2v) is 18.6. The van der Waals surface area contributed by atoms with Crippen LogP contribution in [0, 0.1) is 0 Å². The van der Waals surface area contributed by atoms with Gasteiger partial charge in [-0.05, 0) is 113 Å². The molecular weight excluding hydrogens is 873 g/mol. The standard InChI is InChI=1S/C68H42N4/c1-3-17-57-45(11-1)27-33-53-39-51(35-37-59(53)57)43-23-29-47(30-24-43)65-61-19-5-7-21-63(61)69-67(71-65)55-15-9-13-49(41-55)50-14-10-16-56(42-50)68-70-64-22-8-6-20-62(64)66(72-68)48-31-25-44(26-32-48)52-36-38-60-54(40-52)34-28-46-12-2-4-18-58(46)60/h1-42H. The van der Waals surface area contributed by atoms with Crippen molar-refractivity contribution in [1.29, 1.82) is 0 Å². The molecule has 4 heteroatoms. The van der Waals surface area contributed by atoms with Crippen molar-refractivity contribution in [2.75, 3.05) is 0 Å². The van der Waals surface area contributed by atoms with E-state index in [1.165, 1.54) is 54.2 Å². The minimum atomic E-state index is 0.676. The van der Waals surface area contributed by atoms with E-state index in [0.29, 0.717) is 11.6 Å². The van der Waals surface area contributed by atoms with E-state index < -0.39 is 0 Å². The number of fused-ring (bicyclic) bond motifs is 8. The van der Waals surface area contributed by atoms with Gasteiger partial charge in [-0.3, -0.25) is 0 Å². The van der Waals surface area contributed by atoms with Crippen molar-refractivity contribution in [1.82, 2.24) is 19.9 Å². The van der Waals surface area contributed by atoms with E-state index in [2.05, 4.69) is 243 Å². The van der Waals surface area contributed by atoms with Gasteiger partial charge in [0.1, 0.15) is 0 Å². The van der Waals surface area contributed by atoms with Crippen LogP contribution in [0.1, 0.15) is 0 Å². The Morgan fingerprint density at radius 3 is 0.972 bits per heavy atom. The number of hydrogen-bond acceptors (Lipinski definition) is 4. The first-order chi connectivity index (χ1) is 35.6. The zero-order chi connectivity index (χ0) is 47.5. The summed E-state index contributed by atoms with van der Waals surface area (Å²) >= 11 is 0. The van der Waals surface area contributed by atoms with Crippen molar-refractivity contribution in [3.63, 3.8) is 0 Å². The van der Waals surface area contributed by atoms with Gasteiger partial charge >= 0.3 is 0 Å². The molecule has 2 heterocycles. The van der Waals surface area contributed by atoms with E-state index in [1.807, 2.05) is 12.1 Å². The fourth-order valence-electron chi connectivity index (χ4n) is 10.6. The average Bonchev–Trinajstić information content (AvgIpc) is 3.46. The van der Waals surface area contributed by atoms with E-state index in [0.717, 1.165) is 77.7 Å². The highest BCUT2D eigenvalue weighted by atomic mass is 14.9. The first kappa shape index (κ1) is 41.3. The minimum Gasteiger partial charge on any atom is -0.228 e. The Hall–Kier alpha value is -9.64. The molecular formula is C68H42N4. The Labute approximate surface area is 416 Å². The number of benzene rings is 12. The molecule has 0 aliphatic rings. The topological polar surface area (TPSA) is 51.6 Å². The third-order valence-electron chi connectivity index (χ3n) is 14.3. The lowest BCUT2D eigenvalue weighted by Crippen LogP contribution is -1.96. The zero-order valence-corrected chi connectivity index (χ0v) is 39.0. The van der Waals surface area contributed by atoms with Gasteiger partial charge in [-0.25, -0.2) is 19.9 Å². The third kappa shape index (κ3) is 7.33. The molecule has 0 unspecified atom stereocenters. The summed E-state index contributed by atoms with van der Waals surface area (Å²) in [6.45, 7) is 0. The molecule has 0 aliphatic carbocycles. The molecule has 0 amide bonds. The summed E-state index contributed by atoms with van der Waals surface area (Å²) in [7, 11) is 0. The molecule has 0 aliphatic heterocycles. The smallest absolute Gasteiger partial charge is 0.160 e. The Morgan fingerprint density at radius 1 is 0.181 bits per heavy atom. The molecule has 0 radical (unpaired) electrons. The van der Waals surface area contributed by atoms with Crippen LogP contribution >= 0.6 is 0 Å². The van der Waals surface area contributed by atoms with Gasteiger partial charge in [0.25, 0.3) is 0 Å². The van der Waals surface area contributed by atoms with Crippen LogP contribution < -0.4 is 0 Å². The monoisotopic (exact) mass is 914 g/mol. The second-order valence-electron chi connectivity index (χ2n) is 18.6. The summed E-state index contributed by atoms with van der Waals surface area (Å²) in [6.07, 6.45) is 0. The maximum Gasteiger partial charge on any atom is 0.160 e. The highest BCUT2D eigenvalue weighted by molar-refractivity contribution is 6.09. The summed E-state index contributed by atoms with van der Waals surface area (Å²) in [5.74, 6) is 1.35. The van der Waals surface area contributed by atoms with Crippen molar-refractivity contribution in [3.05, 3.63) is 255 Å². The molecule has 0 bridgehead atoms. The summed E-state index contributed by atoms with van der Waals surface area (Å²) in [5, 5.41) is 12.1. The molecule has 0 spiro atoms. The Balaban J connectivity index is 0.774. The molecule has 0 fully saturated rings. The lowest BCUT2D eigenvalue weighted by atomic mass is 9.96. The number of rotatable bonds is 7. The number of nitrogens with zero attached hydrogens (tertiary/aromatic N) is 4. The Morgan fingerprint density at radius 2 is 0.514 bits per heavy atom. The molecule has 334 valence electrons. The molecule has 4 nitrogen and oxygen atoms in total. The first-order valence-electron chi connectivity index (χ1n) is 24.4. The number of aromatic nitrogens is 4. The van der Waals surface area contributed by atoms with E-state index in [-0.39, 0.29) is 0 Å². The summed E-state index contributed by atoms with van der Waals surface area (Å²) in [4.78, 5) is 20.8. The van der Waals surface area contributed by atoms with Crippen LogP contribution in [0.3, 0.4) is 0 Å². The van der Waals surface area contributed by atoms with Gasteiger partial charge in [0.15, 0.2) is 11.6 Å². The molecule has 2 aromatic heterocycles. The molecule has 14 rings (SSSR count). The van der Waals surface area contributed by atoms with Crippen LogP contribution in [-0.4, -0.2) is 19.9 Å². The van der Waals surface area contributed by atoms with Gasteiger partial charge in [0, 0.05) is 33.0 Å². The predicted molar refractivity (Wildman–Crippen MR) is 301 cm³/mol. The van der Waals surface area contributed by atoms with Crippen LogP contribution in [0.25, 0.3) is 144 Å². The maximum atomic E-state index is 5.29. The van der Waals surface area contributed by atoms with Crippen molar-refractivity contribution < 1.29 is 0 Å². The molecule has 0 saturated heterocycles. The van der Waals surface area contributed by atoms with Gasteiger partial charge in [-0.1, -0.05) is 218 Å². The van der Waals surface area contributed by atoms with E-state index >= 15 is 0 Å². The average molecular weight is 915 g/mol. The van der Waals surface area contributed by atoms with Crippen molar-refractivity contribution in [2.24, 2.45) is 0 Å². The minimum absolute atomic E-state index is 0.676. The summed E-state index contributed by atoms with van der Waals surface area (Å²) in [5.41, 5.74) is 14.4. The van der Waals surface area contributed by atoms with Gasteiger partial charge < -0.3 is 0 Å². The van der Waals surface area contributed by atoms with Crippen LogP contribution in [0.2, 0.25) is 0 Å². The fourth-order valence-corrected chi connectivity index (χ4v) is 10.6. The largest absolute Gasteiger partial charge is 0.228 e. The maximum absolute atomic E-state index is 5.29. The van der Waals surface area contributed by atoms with Gasteiger partial charge in [-0.2, -0.15) is 0 Å². The summed E-state index contributed by atoms with van der Waals surface area (Å²) in [6, 6.07) is 90.7.